The summed E-state index contributed by atoms with van der Waals surface area (Å²) in [7, 11) is 0. The van der Waals surface area contributed by atoms with E-state index in [9.17, 15) is 4.79 Å². The lowest BCUT2D eigenvalue weighted by molar-refractivity contribution is -0.121. The monoisotopic (exact) mass is 472 g/mol. The minimum atomic E-state index is 0. The quantitative estimate of drug-likeness (QED) is 0.247. The number of amides is 1. The van der Waals surface area contributed by atoms with E-state index >= 15 is 0 Å². The third-order valence-corrected chi connectivity index (χ3v) is 4.39. The van der Waals surface area contributed by atoms with Gasteiger partial charge in [-0.15, -0.1) is 24.0 Å². The molecule has 1 aliphatic heterocycles. The molecule has 7 heteroatoms. The summed E-state index contributed by atoms with van der Waals surface area (Å²) in [6, 6.07) is 8.76. The van der Waals surface area contributed by atoms with Crippen LogP contribution in [0.5, 0.6) is 5.75 Å². The minimum absolute atomic E-state index is 0. The normalized spacial score (nSPS) is 18.8. The summed E-state index contributed by atoms with van der Waals surface area (Å²) in [6.07, 6.45) is 4.47. The zero-order valence-electron chi connectivity index (χ0n) is 15.3. The van der Waals surface area contributed by atoms with Gasteiger partial charge in [-0.3, -0.25) is 9.79 Å². The number of fused-ring (bicyclic) bond motifs is 1. The summed E-state index contributed by atoms with van der Waals surface area (Å²) in [6.45, 7) is 4.20. The van der Waals surface area contributed by atoms with Gasteiger partial charge < -0.3 is 20.7 Å². The molecule has 0 bridgehead atoms. The van der Waals surface area contributed by atoms with Gasteiger partial charge in [-0.1, -0.05) is 18.2 Å². The van der Waals surface area contributed by atoms with Gasteiger partial charge >= 0.3 is 0 Å². The van der Waals surface area contributed by atoms with Crippen LogP contribution in [0.25, 0.3) is 0 Å². The summed E-state index contributed by atoms with van der Waals surface area (Å²) in [5, 5.41) is 9.80. The number of nitrogens with one attached hydrogen (secondary N) is 3. The van der Waals surface area contributed by atoms with Crippen LogP contribution in [0.4, 0.5) is 0 Å². The van der Waals surface area contributed by atoms with Crippen LogP contribution >= 0.6 is 24.0 Å². The largest absolute Gasteiger partial charge is 0.493 e. The number of ether oxygens (including phenoxy) is 1. The van der Waals surface area contributed by atoms with E-state index in [4.69, 9.17) is 4.74 Å². The van der Waals surface area contributed by atoms with Gasteiger partial charge in [0.15, 0.2) is 5.96 Å². The Labute approximate surface area is 172 Å². The Balaban J connectivity index is 0.00000243. The average molecular weight is 472 g/mol. The number of guanidine groups is 1. The molecule has 3 rings (SSSR count). The first-order chi connectivity index (χ1) is 12.3. The molecule has 1 unspecified atom stereocenters. The number of para-hydroxylation sites is 1. The number of rotatable bonds is 7. The van der Waals surface area contributed by atoms with E-state index in [0.717, 1.165) is 43.9 Å². The van der Waals surface area contributed by atoms with Crippen LogP contribution in [-0.2, 0) is 4.79 Å². The van der Waals surface area contributed by atoms with Crippen molar-refractivity contribution in [2.75, 3.05) is 19.7 Å². The van der Waals surface area contributed by atoms with Gasteiger partial charge in [-0.2, -0.15) is 0 Å². The predicted molar refractivity (Wildman–Crippen MR) is 114 cm³/mol. The molecule has 2 aliphatic rings. The van der Waals surface area contributed by atoms with Crippen LogP contribution in [0, 0.1) is 0 Å². The zero-order chi connectivity index (χ0) is 17.5. The maximum Gasteiger partial charge on any atom is 0.220 e. The Hall–Kier alpha value is -1.51. The molecule has 1 saturated carbocycles. The third-order valence-electron chi connectivity index (χ3n) is 4.39. The molecule has 1 amide bonds. The Morgan fingerprint density at radius 3 is 2.81 bits per heavy atom. The van der Waals surface area contributed by atoms with Crippen LogP contribution < -0.4 is 20.7 Å². The highest BCUT2D eigenvalue weighted by molar-refractivity contribution is 14.0. The van der Waals surface area contributed by atoms with Crippen molar-refractivity contribution in [1.82, 2.24) is 16.0 Å². The second-order valence-electron chi connectivity index (χ2n) is 6.58. The SMILES string of the molecule is CCNC(=NCCCC(=O)NC1CC1)NC1CCOc2ccccc21.I. The Kier molecular flexibility index (Phi) is 8.47. The molecule has 26 heavy (non-hydrogen) atoms. The van der Waals surface area contributed by atoms with Gasteiger partial charge in [0, 0.05) is 37.5 Å². The lowest BCUT2D eigenvalue weighted by Gasteiger charge is -2.28. The molecule has 0 saturated heterocycles. The number of benzene rings is 1. The van der Waals surface area contributed by atoms with Crippen molar-refractivity contribution in [2.45, 2.75) is 51.1 Å². The fourth-order valence-electron chi connectivity index (χ4n) is 2.94. The molecule has 0 aromatic heterocycles. The van der Waals surface area contributed by atoms with Crippen LogP contribution in [0.15, 0.2) is 29.3 Å². The molecule has 6 nitrogen and oxygen atoms in total. The highest BCUT2D eigenvalue weighted by Gasteiger charge is 2.23. The van der Waals surface area contributed by atoms with Crippen molar-refractivity contribution in [3.8, 4) is 5.75 Å². The number of carbonyl (C=O) groups excluding carboxylic acids is 1. The van der Waals surface area contributed by atoms with Crippen LogP contribution in [0.2, 0.25) is 0 Å². The summed E-state index contributed by atoms with van der Waals surface area (Å²) in [5.41, 5.74) is 1.17. The molecule has 1 aliphatic carbocycles. The predicted octanol–water partition coefficient (Wildman–Crippen LogP) is 2.74. The van der Waals surface area contributed by atoms with Gasteiger partial charge in [0.05, 0.1) is 12.6 Å². The number of aliphatic imine (C=N–C) groups is 1. The molecule has 3 N–H and O–H groups in total. The van der Waals surface area contributed by atoms with Crippen LogP contribution in [0.3, 0.4) is 0 Å². The molecule has 1 heterocycles. The van der Waals surface area contributed by atoms with Crippen molar-refractivity contribution in [2.24, 2.45) is 4.99 Å². The molecular weight excluding hydrogens is 443 g/mol. The fourth-order valence-corrected chi connectivity index (χ4v) is 2.94. The second-order valence-corrected chi connectivity index (χ2v) is 6.58. The molecule has 1 atom stereocenters. The zero-order valence-corrected chi connectivity index (χ0v) is 17.6. The number of halogens is 1. The molecule has 0 spiro atoms. The number of hydrogen-bond acceptors (Lipinski definition) is 3. The minimum Gasteiger partial charge on any atom is -0.493 e. The topological polar surface area (TPSA) is 74.8 Å². The molecule has 1 fully saturated rings. The van der Waals surface area contributed by atoms with E-state index in [0.29, 0.717) is 25.6 Å². The fraction of sp³-hybridized carbons (Fsp3) is 0.579. The Morgan fingerprint density at radius 2 is 2.04 bits per heavy atom. The highest BCUT2D eigenvalue weighted by atomic mass is 127. The first-order valence-electron chi connectivity index (χ1n) is 9.32. The van der Waals surface area contributed by atoms with E-state index < -0.39 is 0 Å². The molecule has 144 valence electrons. The van der Waals surface area contributed by atoms with E-state index in [2.05, 4.69) is 33.9 Å². The van der Waals surface area contributed by atoms with Gasteiger partial charge in [-0.25, -0.2) is 0 Å². The van der Waals surface area contributed by atoms with Gasteiger partial charge in [0.2, 0.25) is 5.91 Å². The summed E-state index contributed by atoms with van der Waals surface area (Å²) in [4.78, 5) is 16.3. The average Bonchev–Trinajstić information content (AvgIpc) is 3.43. The number of hydrogen-bond donors (Lipinski definition) is 3. The van der Waals surface area contributed by atoms with E-state index in [1.165, 1.54) is 5.56 Å². The highest BCUT2D eigenvalue weighted by Crippen LogP contribution is 2.31. The number of carbonyl (C=O) groups is 1. The summed E-state index contributed by atoms with van der Waals surface area (Å²) < 4.78 is 5.71. The van der Waals surface area contributed by atoms with E-state index in [-0.39, 0.29) is 35.9 Å². The molecule has 0 radical (unpaired) electrons. The standard InChI is InChI=1S/C19H28N4O2.HI/c1-2-20-19(21-12-5-8-18(24)22-14-9-10-14)23-16-11-13-25-17-7-4-3-6-15(16)17;/h3-4,6-7,14,16H,2,5,8-13H2,1H3,(H,22,24)(H2,20,21,23);1H. The van der Waals surface area contributed by atoms with Gasteiger partial charge in [-0.05, 0) is 32.3 Å². The first-order valence-corrected chi connectivity index (χ1v) is 9.32. The van der Waals surface area contributed by atoms with Crippen molar-refractivity contribution in [1.29, 1.82) is 0 Å². The second kappa shape index (κ2) is 10.6. The van der Waals surface area contributed by atoms with E-state index in [1.54, 1.807) is 0 Å². The molecular formula is C19H29IN4O2. The number of nitrogens with zero attached hydrogens (tertiary/aromatic N) is 1. The van der Waals surface area contributed by atoms with Gasteiger partial charge in [0.1, 0.15) is 5.75 Å². The van der Waals surface area contributed by atoms with Crippen molar-refractivity contribution in [3.05, 3.63) is 29.8 Å². The van der Waals surface area contributed by atoms with Crippen LogP contribution in [-0.4, -0.2) is 37.6 Å². The third kappa shape index (κ3) is 6.34. The van der Waals surface area contributed by atoms with Crippen LogP contribution in [0.1, 0.15) is 50.6 Å². The van der Waals surface area contributed by atoms with Crippen molar-refractivity contribution < 1.29 is 9.53 Å². The van der Waals surface area contributed by atoms with Crippen molar-refractivity contribution in [3.63, 3.8) is 0 Å². The smallest absolute Gasteiger partial charge is 0.220 e. The maximum atomic E-state index is 11.7. The summed E-state index contributed by atoms with van der Waals surface area (Å²) >= 11 is 0. The van der Waals surface area contributed by atoms with Crippen molar-refractivity contribution >= 4 is 35.8 Å². The summed E-state index contributed by atoms with van der Waals surface area (Å²) in [5.74, 6) is 1.89. The Bertz CT molecular complexity index is 619. The lowest BCUT2D eigenvalue weighted by Crippen LogP contribution is -2.41. The van der Waals surface area contributed by atoms with Gasteiger partial charge in [0.25, 0.3) is 0 Å². The van der Waals surface area contributed by atoms with E-state index in [1.807, 2.05) is 18.2 Å². The lowest BCUT2D eigenvalue weighted by atomic mass is 10.0. The first kappa shape index (κ1) is 20.8. The maximum absolute atomic E-state index is 11.7. The molecule has 1 aromatic rings. The molecule has 1 aromatic carbocycles. The Morgan fingerprint density at radius 1 is 1.23 bits per heavy atom.